The average Bonchev–Trinajstić information content (AvgIpc) is 2.83. The predicted molar refractivity (Wildman–Crippen MR) is 125 cm³/mol. The van der Waals surface area contributed by atoms with E-state index in [4.69, 9.17) is 32.6 Å². The number of nitrogens with zero attached hydrogens (tertiary/aromatic N) is 4. The fraction of sp³-hybridized carbons (Fsp3) is 0. The molecule has 0 bridgehead atoms. The number of nitrogens with one attached hydrogen (secondary N) is 4. The second kappa shape index (κ2) is 12.5. The van der Waals surface area contributed by atoms with E-state index in [0.717, 1.165) is 0 Å². The van der Waals surface area contributed by atoms with Crippen LogP contribution in [-0.4, -0.2) is 5.78 Å². The molecule has 160 valence electrons. The van der Waals surface area contributed by atoms with Crippen molar-refractivity contribution in [1.29, 1.82) is 21.0 Å². The molecular formula is C23H15ClN8O. The van der Waals surface area contributed by atoms with Crippen LogP contribution in [0.5, 0.6) is 0 Å². The lowest BCUT2D eigenvalue weighted by Gasteiger charge is -2.04. The van der Waals surface area contributed by atoms with Crippen molar-refractivity contribution in [1.82, 2.24) is 0 Å². The first-order valence-electron chi connectivity index (χ1n) is 9.17. The quantitative estimate of drug-likeness (QED) is 0.232. The van der Waals surface area contributed by atoms with Crippen LogP contribution in [0.15, 0.2) is 66.7 Å². The predicted octanol–water partition coefficient (Wildman–Crippen LogP) is 4.83. The first-order valence-corrected chi connectivity index (χ1v) is 9.55. The number of halogens is 1. The van der Waals surface area contributed by atoms with Gasteiger partial charge in [-0.3, -0.25) is 26.1 Å². The fourth-order valence-corrected chi connectivity index (χ4v) is 2.69. The summed E-state index contributed by atoms with van der Waals surface area (Å²) in [4.78, 5) is 12.2. The minimum atomic E-state index is -0.114. The molecular weight excluding hydrogens is 440 g/mol. The first-order chi connectivity index (χ1) is 16.0. The topological polar surface area (TPSA) is 160 Å². The summed E-state index contributed by atoms with van der Waals surface area (Å²) in [6, 6.07) is 18.1. The Morgan fingerprint density at radius 2 is 1.00 bits per heavy atom. The summed E-state index contributed by atoms with van der Waals surface area (Å²) in [5.41, 5.74) is 3.41. The number of hydrogen-bond acceptors (Lipinski definition) is 9. The van der Waals surface area contributed by atoms with Gasteiger partial charge in [-0.25, -0.2) is 0 Å². The van der Waals surface area contributed by atoms with Gasteiger partial charge >= 0.3 is 0 Å². The van der Waals surface area contributed by atoms with E-state index in [1.807, 2.05) is 12.4 Å². The Morgan fingerprint density at radius 1 is 0.606 bits per heavy atom. The molecule has 0 aliphatic heterocycles. The van der Waals surface area contributed by atoms with Crippen LogP contribution in [0.1, 0.15) is 15.9 Å². The van der Waals surface area contributed by atoms with Crippen molar-refractivity contribution in [3.8, 4) is 24.8 Å². The van der Waals surface area contributed by atoms with Gasteiger partial charge in [0.15, 0.2) is 30.6 Å². The van der Waals surface area contributed by atoms with Gasteiger partial charge < -0.3 is 0 Å². The maximum absolute atomic E-state index is 12.2. The summed E-state index contributed by atoms with van der Waals surface area (Å²) in [5.74, 6) is -0.114. The molecule has 0 fully saturated rings. The highest BCUT2D eigenvalue weighted by Gasteiger charge is 2.08. The van der Waals surface area contributed by atoms with Gasteiger partial charge in [-0.05, 0) is 66.7 Å². The van der Waals surface area contributed by atoms with Gasteiger partial charge in [-0.2, -0.15) is 21.0 Å². The zero-order chi connectivity index (χ0) is 24.1. The van der Waals surface area contributed by atoms with Crippen molar-refractivity contribution in [2.24, 2.45) is 0 Å². The number of hydrogen-bond donors (Lipinski definition) is 4. The van der Waals surface area contributed by atoms with Gasteiger partial charge in [0.25, 0.3) is 0 Å². The van der Waals surface area contributed by atoms with Crippen LogP contribution in [0.4, 0.5) is 22.7 Å². The molecule has 4 N–H and O–H groups in total. The van der Waals surface area contributed by atoms with E-state index >= 15 is 0 Å². The van der Waals surface area contributed by atoms with E-state index in [2.05, 4.69) is 21.3 Å². The molecule has 0 aliphatic carbocycles. The lowest BCUT2D eigenvalue weighted by Crippen LogP contribution is -2.01. The molecule has 10 heteroatoms. The third-order valence-corrected chi connectivity index (χ3v) is 4.38. The molecule has 33 heavy (non-hydrogen) atoms. The minimum Gasteiger partial charge on any atom is -0.293 e. The highest BCUT2D eigenvalue weighted by atomic mass is 35.5. The molecule has 0 spiro atoms. The molecule has 0 radical (unpaired) electrons. The largest absolute Gasteiger partial charge is 0.293 e. The molecule has 0 heterocycles. The number of carbonyl (C=O) groups is 1. The van der Waals surface area contributed by atoms with Crippen molar-refractivity contribution in [3.05, 3.63) is 82.9 Å². The van der Waals surface area contributed by atoms with Gasteiger partial charge in [0.1, 0.15) is 0 Å². The number of rotatable bonds is 6. The zero-order valence-corrected chi connectivity index (χ0v) is 17.7. The maximum Gasteiger partial charge on any atom is 0.193 e. The Balaban J connectivity index is 0.000000257. The Kier molecular flexibility index (Phi) is 9.09. The maximum atomic E-state index is 12.2. The first kappa shape index (κ1) is 24.1. The Morgan fingerprint density at radius 3 is 1.42 bits per heavy atom. The second-order valence-electron chi connectivity index (χ2n) is 6.13. The van der Waals surface area contributed by atoms with Crippen molar-refractivity contribution < 1.29 is 4.79 Å². The van der Waals surface area contributed by atoms with Crippen molar-refractivity contribution in [2.45, 2.75) is 0 Å². The van der Waals surface area contributed by atoms with Crippen LogP contribution in [-0.2, 0) is 0 Å². The Bertz CT molecular complexity index is 1220. The Labute approximate surface area is 195 Å². The third kappa shape index (κ3) is 7.20. The summed E-state index contributed by atoms with van der Waals surface area (Å²) in [5, 5.41) is 43.9. The van der Waals surface area contributed by atoms with Gasteiger partial charge in [-0.1, -0.05) is 11.6 Å². The van der Waals surface area contributed by atoms with E-state index in [0.29, 0.717) is 38.9 Å². The number of anilines is 4. The van der Waals surface area contributed by atoms with Crippen LogP contribution in [0.3, 0.4) is 0 Å². The summed E-state index contributed by atoms with van der Waals surface area (Å²) in [7, 11) is 0. The highest BCUT2D eigenvalue weighted by molar-refractivity contribution is 6.33. The summed E-state index contributed by atoms with van der Waals surface area (Å²) in [6.07, 6.45) is 7.15. The molecule has 0 saturated heterocycles. The van der Waals surface area contributed by atoms with Gasteiger partial charge in [0.05, 0.1) is 10.7 Å². The van der Waals surface area contributed by atoms with Crippen molar-refractivity contribution in [3.63, 3.8) is 0 Å². The van der Waals surface area contributed by atoms with E-state index in [1.54, 1.807) is 79.1 Å². The van der Waals surface area contributed by atoms with E-state index < -0.39 is 0 Å². The number of benzene rings is 3. The molecule has 0 aliphatic rings. The van der Waals surface area contributed by atoms with E-state index in [1.165, 1.54) is 0 Å². The number of ketones is 1. The smallest absolute Gasteiger partial charge is 0.193 e. The monoisotopic (exact) mass is 454 g/mol. The third-order valence-electron chi connectivity index (χ3n) is 4.05. The minimum absolute atomic E-state index is 0.114. The number of nitriles is 4. The normalized spacial score (nSPS) is 8.76. The number of carbonyl (C=O) groups excluding carboxylic acids is 1. The van der Waals surface area contributed by atoms with Gasteiger partial charge in [-0.15, -0.1) is 0 Å². The summed E-state index contributed by atoms with van der Waals surface area (Å²) in [6.45, 7) is 0. The molecule has 3 rings (SSSR count). The SMILES string of the molecule is N#CNc1ccc(C(=O)c2ccc(NC#N)cc2)cc1.N#CNc1ccc(Cl)c(NC#N)c1. The summed E-state index contributed by atoms with van der Waals surface area (Å²) < 4.78 is 0. The molecule has 0 atom stereocenters. The van der Waals surface area contributed by atoms with Crippen molar-refractivity contribution >= 4 is 40.1 Å². The molecule has 0 unspecified atom stereocenters. The molecule has 0 saturated carbocycles. The van der Waals surface area contributed by atoms with Crippen LogP contribution in [0.25, 0.3) is 0 Å². The lowest BCUT2D eigenvalue weighted by molar-refractivity contribution is 0.103. The fourth-order valence-electron chi connectivity index (χ4n) is 2.53. The van der Waals surface area contributed by atoms with E-state index in [-0.39, 0.29) is 5.78 Å². The van der Waals surface area contributed by atoms with Gasteiger partial charge in [0, 0.05) is 28.2 Å². The van der Waals surface area contributed by atoms with Crippen LogP contribution < -0.4 is 21.3 Å². The molecule has 0 amide bonds. The Hall–Kier alpha value is -5.22. The second-order valence-corrected chi connectivity index (χ2v) is 6.53. The van der Waals surface area contributed by atoms with Gasteiger partial charge in [0.2, 0.25) is 0 Å². The lowest BCUT2D eigenvalue weighted by atomic mass is 10.0. The zero-order valence-electron chi connectivity index (χ0n) is 16.9. The molecule has 9 nitrogen and oxygen atoms in total. The highest BCUT2D eigenvalue weighted by Crippen LogP contribution is 2.24. The standard InChI is InChI=1S/C15H10N4O.C8H5ClN4/c16-9-18-13-5-1-11(2-6-13)15(20)12-3-7-14(8-4-12)19-10-17;9-7-2-1-6(12-4-10)3-8(7)13-5-11/h1-8,18-19H;1-3,12-13H. The molecule has 0 aromatic heterocycles. The van der Waals surface area contributed by atoms with E-state index in [9.17, 15) is 4.79 Å². The average molecular weight is 455 g/mol. The van der Waals surface area contributed by atoms with Crippen LogP contribution in [0.2, 0.25) is 5.02 Å². The van der Waals surface area contributed by atoms with Crippen LogP contribution >= 0.6 is 11.6 Å². The summed E-state index contributed by atoms with van der Waals surface area (Å²) >= 11 is 5.75. The molecule has 3 aromatic rings. The van der Waals surface area contributed by atoms with Crippen LogP contribution in [0, 0.1) is 45.8 Å². The van der Waals surface area contributed by atoms with Crippen molar-refractivity contribution in [2.75, 3.05) is 21.3 Å². The molecule has 3 aromatic carbocycles.